The third-order valence-corrected chi connectivity index (χ3v) is 4.18. The monoisotopic (exact) mass is 272 g/mol. The third-order valence-electron chi connectivity index (χ3n) is 4.18. The number of aryl methyl sites for hydroxylation is 3. The van der Waals surface area contributed by atoms with Crippen molar-refractivity contribution in [2.45, 2.75) is 45.7 Å². The molecule has 4 heteroatoms. The molecular weight excluding hydrogens is 252 g/mol. The Hall–Kier alpha value is -1.81. The first-order valence-electron chi connectivity index (χ1n) is 7.07. The van der Waals surface area contributed by atoms with Gasteiger partial charge in [-0.1, -0.05) is 11.2 Å². The number of fused-ring (bicyclic) bond motifs is 1. The standard InChI is InChI=1S/C16H20N2O2/c1-9(16-10(2)18-20-11(16)3)17-15-7-4-12-8-13(19)5-6-14(12)15/h5-6,8-9,15,17,19H,4,7H2,1-3H3. The van der Waals surface area contributed by atoms with Crippen molar-refractivity contribution in [3.63, 3.8) is 0 Å². The molecule has 1 aliphatic rings. The highest BCUT2D eigenvalue weighted by atomic mass is 16.5. The highest BCUT2D eigenvalue weighted by Crippen LogP contribution is 2.35. The highest BCUT2D eigenvalue weighted by molar-refractivity contribution is 5.40. The lowest BCUT2D eigenvalue weighted by atomic mass is 10.0. The molecule has 0 saturated heterocycles. The van der Waals surface area contributed by atoms with Crippen LogP contribution in [0.25, 0.3) is 0 Å². The smallest absolute Gasteiger partial charge is 0.138 e. The number of aromatic nitrogens is 1. The molecule has 0 amide bonds. The van der Waals surface area contributed by atoms with Gasteiger partial charge in [0.25, 0.3) is 0 Å². The Kier molecular flexibility index (Phi) is 3.26. The molecule has 2 atom stereocenters. The molecule has 0 aliphatic heterocycles. The van der Waals surface area contributed by atoms with Gasteiger partial charge in [0.05, 0.1) is 5.69 Å². The summed E-state index contributed by atoms with van der Waals surface area (Å²) in [6.07, 6.45) is 2.07. The van der Waals surface area contributed by atoms with Crippen LogP contribution < -0.4 is 5.32 Å². The van der Waals surface area contributed by atoms with E-state index in [-0.39, 0.29) is 6.04 Å². The first-order chi connectivity index (χ1) is 9.56. The van der Waals surface area contributed by atoms with Gasteiger partial charge >= 0.3 is 0 Å². The fraction of sp³-hybridized carbons (Fsp3) is 0.438. The van der Waals surface area contributed by atoms with Gasteiger partial charge in [-0.15, -0.1) is 0 Å². The van der Waals surface area contributed by atoms with Gasteiger partial charge in [0.2, 0.25) is 0 Å². The molecular formula is C16H20N2O2. The zero-order valence-corrected chi connectivity index (χ0v) is 12.1. The van der Waals surface area contributed by atoms with Crippen LogP contribution in [0.3, 0.4) is 0 Å². The summed E-state index contributed by atoms with van der Waals surface area (Å²) in [5.74, 6) is 1.23. The van der Waals surface area contributed by atoms with Crippen molar-refractivity contribution in [1.29, 1.82) is 0 Å². The van der Waals surface area contributed by atoms with Crippen LogP contribution in [-0.2, 0) is 6.42 Å². The van der Waals surface area contributed by atoms with Crippen LogP contribution in [0.15, 0.2) is 22.7 Å². The van der Waals surface area contributed by atoms with E-state index < -0.39 is 0 Å². The van der Waals surface area contributed by atoms with Crippen molar-refractivity contribution in [2.75, 3.05) is 0 Å². The molecule has 20 heavy (non-hydrogen) atoms. The van der Waals surface area contributed by atoms with E-state index >= 15 is 0 Å². The SMILES string of the molecule is Cc1noc(C)c1C(C)NC1CCc2cc(O)ccc21. The molecule has 1 aromatic heterocycles. The number of aromatic hydroxyl groups is 1. The Morgan fingerprint density at radius 2 is 2.20 bits per heavy atom. The lowest BCUT2D eigenvalue weighted by molar-refractivity contribution is 0.388. The Labute approximate surface area is 118 Å². The third kappa shape index (κ3) is 2.20. The second-order valence-electron chi connectivity index (χ2n) is 5.60. The molecule has 2 N–H and O–H groups in total. The van der Waals surface area contributed by atoms with Crippen molar-refractivity contribution in [3.05, 3.63) is 46.3 Å². The summed E-state index contributed by atoms with van der Waals surface area (Å²) in [5, 5.41) is 17.2. The molecule has 2 unspecified atom stereocenters. The zero-order valence-electron chi connectivity index (χ0n) is 12.1. The van der Waals surface area contributed by atoms with E-state index in [0.29, 0.717) is 11.8 Å². The van der Waals surface area contributed by atoms with E-state index in [1.165, 1.54) is 11.1 Å². The first kappa shape index (κ1) is 13.2. The van der Waals surface area contributed by atoms with Crippen LogP contribution in [0.4, 0.5) is 0 Å². The number of phenols is 1. The second-order valence-corrected chi connectivity index (χ2v) is 5.60. The molecule has 4 nitrogen and oxygen atoms in total. The predicted molar refractivity (Wildman–Crippen MR) is 76.7 cm³/mol. The van der Waals surface area contributed by atoms with Gasteiger partial charge in [0.1, 0.15) is 11.5 Å². The first-order valence-corrected chi connectivity index (χ1v) is 7.07. The number of hydrogen-bond acceptors (Lipinski definition) is 4. The van der Waals surface area contributed by atoms with Crippen molar-refractivity contribution in [1.82, 2.24) is 10.5 Å². The lowest BCUT2D eigenvalue weighted by Crippen LogP contribution is -2.23. The minimum atomic E-state index is 0.200. The Bertz CT molecular complexity index is 614. The van der Waals surface area contributed by atoms with E-state index in [4.69, 9.17) is 4.52 Å². The zero-order chi connectivity index (χ0) is 14.3. The van der Waals surface area contributed by atoms with Crippen molar-refractivity contribution < 1.29 is 9.63 Å². The molecule has 0 fully saturated rings. The quantitative estimate of drug-likeness (QED) is 0.899. The van der Waals surface area contributed by atoms with Gasteiger partial charge in [-0.25, -0.2) is 0 Å². The van der Waals surface area contributed by atoms with Crippen molar-refractivity contribution >= 4 is 0 Å². The second kappa shape index (κ2) is 4.94. The molecule has 1 aromatic carbocycles. The van der Waals surface area contributed by atoms with Gasteiger partial charge in [-0.05, 0) is 56.9 Å². The summed E-state index contributed by atoms with van der Waals surface area (Å²) < 4.78 is 5.24. The van der Waals surface area contributed by atoms with Crippen molar-refractivity contribution in [2.24, 2.45) is 0 Å². The largest absolute Gasteiger partial charge is 0.508 e. The average molecular weight is 272 g/mol. The van der Waals surface area contributed by atoms with E-state index in [2.05, 4.69) is 17.4 Å². The maximum absolute atomic E-state index is 9.55. The molecule has 0 saturated carbocycles. The summed E-state index contributed by atoms with van der Waals surface area (Å²) in [4.78, 5) is 0. The van der Waals surface area contributed by atoms with E-state index in [9.17, 15) is 5.11 Å². The molecule has 0 radical (unpaired) electrons. The minimum Gasteiger partial charge on any atom is -0.508 e. The average Bonchev–Trinajstić information content (AvgIpc) is 2.93. The molecule has 1 heterocycles. The molecule has 0 spiro atoms. The predicted octanol–water partition coefficient (Wildman–Crippen LogP) is 3.34. The van der Waals surface area contributed by atoms with Gasteiger partial charge < -0.3 is 14.9 Å². The van der Waals surface area contributed by atoms with E-state index in [1.54, 1.807) is 6.07 Å². The maximum atomic E-state index is 9.55. The minimum absolute atomic E-state index is 0.200. The van der Waals surface area contributed by atoms with Gasteiger partial charge in [0, 0.05) is 17.6 Å². The molecule has 2 aromatic rings. The summed E-state index contributed by atoms with van der Waals surface area (Å²) in [5.41, 5.74) is 4.64. The summed E-state index contributed by atoms with van der Waals surface area (Å²) >= 11 is 0. The lowest BCUT2D eigenvalue weighted by Gasteiger charge is -2.20. The molecule has 0 bridgehead atoms. The number of nitrogens with one attached hydrogen (secondary N) is 1. The molecule has 3 rings (SSSR count). The van der Waals surface area contributed by atoms with E-state index in [1.807, 2.05) is 26.0 Å². The van der Waals surface area contributed by atoms with Crippen molar-refractivity contribution in [3.8, 4) is 5.75 Å². The van der Waals surface area contributed by atoms with E-state index in [0.717, 1.165) is 29.9 Å². The Morgan fingerprint density at radius 3 is 2.90 bits per heavy atom. The number of benzene rings is 1. The topological polar surface area (TPSA) is 58.3 Å². The number of hydrogen-bond donors (Lipinski definition) is 2. The fourth-order valence-electron chi connectivity index (χ4n) is 3.27. The van der Waals surface area contributed by atoms with Crippen LogP contribution in [0, 0.1) is 13.8 Å². The summed E-state index contributed by atoms with van der Waals surface area (Å²) in [7, 11) is 0. The summed E-state index contributed by atoms with van der Waals surface area (Å²) in [6.45, 7) is 6.07. The van der Waals surface area contributed by atoms with Gasteiger partial charge in [-0.3, -0.25) is 0 Å². The number of phenolic OH excluding ortho intramolecular Hbond substituents is 1. The van der Waals surface area contributed by atoms with Crippen LogP contribution in [-0.4, -0.2) is 10.3 Å². The number of rotatable bonds is 3. The maximum Gasteiger partial charge on any atom is 0.138 e. The normalized spacial score (nSPS) is 19.1. The van der Waals surface area contributed by atoms with Crippen LogP contribution in [0.1, 0.15) is 53.6 Å². The Balaban J connectivity index is 1.81. The number of nitrogens with zero attached hydrogens (tertiary/aromatic N) is 1. The molecule has 1 aliphatic carbocycles. The summed E-state index contributed by atoms with van der Waals surface area (Å²) in [6, 6.07) is 6.19. The van der Waals surface area contributed by atoms with Crippen LogP contribution in [0.5, 0.6) is 5.75 Å². The fourth-order valence-corrected chi connectivity index (χ4v) is 3.27. The molecule has 106 valence electrons. The highest BCUT2D eigenvalue weighted by Gasteiger charge is 2.26. The van der Waals surface area contributed by atoms with Crippen LogP contribution in [0.2, 0.25) is 0 Å². The van der Waals surface area contributed by atoms with Crippen LogP contribution >= 0.6 is 0 Å². The Morgan fingerprint density at radius 1 is 1.40 bits per heavy atom. The van der Waals surface area contributed by atoms with Gasteiger partial charge in [0.15, 0.2) is 0 Å². The van der Waals surface area contributed by atoms with Gasteiger partial charge in [-0.2, -0.15) is 0 Å².